The van der Waals surface area contributed by atoms with Gasteiger partial charge in [0, 0.05) is 28.7 Å². The standard InChI is InChI=1S/C14H14IN/c1-2-9-16-13-6-4-3-5-11(13)12-10-15-8-7-14(12)16/h3-8,10H,2,9H2,1H3. The molecular formula is C14H14IN. The van der Waals surface area contributed by atoms with Gasteiger partial charge in [0.15, 0.2) is 0 Å². The Hall–Kier alpha value is -0.900. The molecule has 0 bridgehead atoms. The van der Waals surface area contributed by atoms with Crippen LogP contribution in [0.4, 0.5) is 0 Å². The van der Waals surface area contributed by atoms with Crippen molar-refractivity contribution in [1.29, 1.82) is 0 Å². The minimum atomic E-state index is 0.136. The lowest BCUT2D eigenvalue weighted by Gasteiger charge is -2.07. The minimum Gasteiger partial charge on any atom is -0.340 e. The molecule has 0 fully saturated rings. The highest BCUT2D eigenvalue weighted by Gasteiger charge is 2.13. The van der Waals surface area contributed by atoms with E-state index in [9.17, 15) is 0 Å². The van der Waals surface area contributed by atoms with Gasteiger partial charge in [-0.3, -0.25) is 0 Å². The number of hydrogen-bond donors (Lipinski definition) is 0. The molecule has 0 aliphatic carbocycles. The maximum absolute atomic E-state index is 2.46. The van der Waals surface area contributed by atoms with Gasteiger partial charge in [-0.25, -0.2) is 0 Å². The largest absolute Gasteiger partial charge is 0.340 e. The molecule has 16 heavy (non-hydrogen) atoms. The summed E-state index contributed by atoms with van der Waals surface area (Å²) in [4.78, 5) is 0. The van der Waals surface area contributed by atoms with E-state index >= 15 is 0 Å². The Morgan fingerprint density at radius 3 is 3.00 bits per heavy atom. The lowest BCUT2D eigenvalue weighted by atomic mass is 10.1. The maximum Gasteiger partial charge on any atom is 0.0500 e. The van der Waals surface area contributed by atoms with Gasteiger partial charge in [0.2, 0.25) is 0 Å². The number of rotatable bonds is 2. The average Bonchev–Trinajstić information content (AvgIpc) is 2.66. The van der Waals surface area contributed by atoms with Crippen molar-refractivity contribution < 1.29 is 0 Å². The SMILES string of the molecule is CCCn1c2c(c3ccccc31)C=IC=C2. The number of para-hydroxylation sites is 1. The van der Waals surface area contributed by atoms with Gasteiger partial charge < -0.3 is 4.57 Å². The Morgan fingerprint density at radius 1 is 1.25 bits per heavy atom. The van der Waals surface area contributed by atoms with Crippen LogP contribution in [0.2, 0.25) is 0 Å². The Bertz CT molecular complexity index is 590. The minimum absolute atomic E-state index is 0.136. The van der Waals surface area contributed by atoms with Crippen LogP contribution in [-0.2, 0) is 6.54 Å². The Kier molecular flexibility index (Phi) is 2.67. The number of nitrogens with zero attached hydrogens (tertiary/aromatic N) is 1. The number of halogens is 1. The van der Waals surface area contributed by atoms with Gasteiger partial charge in [0.25, 0.3) is 0 Å². The Morgan fingerprint density at radius 2 is 2.12 bits per heavy atom. The highest BCUT2D eigenvalue weighted by Crippen LogP contribution is 2.30. The zero-order valence-electron chi connectivity index (χ0n) is 9.28. The fraction of sp³-hybridized carbons (Fsp3) is 0.214. The molecule has 3 rings (SSSR count). The maximum atomic E-state index is 2.46. The zero-order chi connectivity index (χ0) is 11.0. The number of aromatic nitrogens is 1. The monoisotopic (exact) mass is 323 g/mol. The third-order valence-corrected chi connectivity index (χ3v) is 4.72. The summed E-state index contributed by atoms with van der Waals surface area (Å²) < 4.78 is 7.26. The first kappa shape index (κ1) is 10.3. The Labute approximate surface area is 106 Å². The molecule has 1 aromatic heterocycles. The third kappa shape index (κ3) is 1.47. The molecule has 0 saturated carbocycles. The first-order valence-electron chi connectivity index (χ1n) is 5.65. The van der Waals surface area contributed by atoms with Crippen LogP contribution in [0.3, 0.4) is 0 Å². The van der Waals surface area contributed by atoms with E-state index in [1.165, 1.54) is 28.6 Å². The van der Waals surface area contributed by atoms with E-state index in [0.717, 1.165) is 6.54 Å². The molecule has 0 amide bonds. The molecule has 0 radical (unpaired) electrons. The first-order chi connectivity index (χ1) is 7.92. The first-order valence-corrected chi connectivity index (χ1v) is 8.14. The third-order valence-electron chi connectivity index (χ3n) is 2.96. The Balaban J connectivity index is 2.38. The van der Waals surface area contributed by atoms with Gasteiger partial charge in [-0.05, 0) is 26.7 Å². The van der Waals surface area contributed by atoms with Crippen molar-refractivity contribution in [1.82, 2.24) is 4.57 Å². The number of hydrogen-bond acceptors (Lipinski definition) is 0. The quantitative estimate of drug-likeness (QED) is 0.732. The lowest BCUT2D eigenvalue weighted by Crippen LogP contribution is -2.00. The molecule has 82 valence electrons. The van der Waals surface area contributed by atoms with Crippen LogP contribution >= 0.6 is 20.7 Å². The second-order valence-electron chi connectivity index (χ2n) is 4.00. The van der Waals surface area contributed by atoms with Gasteiger partial charge in [-0.1, -0.05) is 45.9 Å². The van der Waals surface area contributed by atoms with E-state index < -0.39 is 0 Å². The van der Waals surface area contributed by atoms with Crippen molar-refractivity contribution in [2.24, 2.45) is 0 Å². The predicted octanol–water partition coefficient (Wildman–Crippen LogP) is 4.16. The van der Waals surface area contributed by atoms with E-state index in [1.807, 2.05) is 0 Å². The highest BCUT2D eigenvalue weighted by molar-refractivity contribution is 14.2. The summed E-state index contributed by atoms with van der Waals surface area (Å²) in [6.07, 6.45) is 3.51. The molecule has 2 heterocycles. The van der Waals surface area contributed by atoms with E-state index in [4.69, 9.17) is 0 Å². The van der Waals surface area contributed by atoms with Crippen molar-refractivity contribution in [3.05, 3.63) is 39.6 Å². The molecule has 2 aromatic rings. The summed E-state index contributed by atoms with van der Waals surface area (Å²) in [6.45, 7) is 3.36. The lowest BCUT2D eigenvalue weighted by molar-refractivity contribution is 0.698. The predicted molar refractivity (Wildman–Crippen MR) is 80.4 cm³/mol. The van der Waals surface area contributed by atoms with Gasteiger partial charge in [-0.15, -0.1) is 0 Å². The topological polar surface area (TPSA) is 4.93 Å². The molecule has 0 spiro atoms. The summed E-state index contributed by atoms with van der Waals surface area (Å²) in [6, 6.07) is 8.77. The molecule has 1 nitrogen and oxygen atoms in total. The summed E-state index contributed by atoms with van der Waals surface area (Å²) in [5, 5.41) is 1.43. The molecular weight excluding hydrogens is 309 g/mol. The molecule has 1 aliphatic heterocycles. The molecule has 0 N–H and O–H groups in total. The second kappa shape index (κ2) is 4.17. The summed E-state index contributed by atoms with van der Waals surface area (Å²) in [5.74, 6) is 0. The van der Waals surface area contributed by atoms with Crippen LogP contribution in [0.25, 0.3) is 17.0 Å². The molecule has 0 saturated heterocycles. The van der Waals surface area contributed by atoms with Crippen LogP contribution < -0.4 is 0 Å². The van der Waals surface area contributed by atoms with Crippen LogP contribution in [0.15, 0.2) is 28.3 Å². The van der Waals surface area contributed by atoms with Gasteiger partial charge in [-0.2, -0.15) is 0 Å². The van der Waals surface area contributed by atoms with E-state index in [-0.39, 0.29) is 20.7 Å². The van der Waals surface area contributed by atoms with E-state index in [1.54, 1.807) is 0 Å². The number of fused-ring (bicyclic) bond motifs is 3. The molecule has 0 unspecified atom stereocenters. The van der Waals surface area contributed by atoms with Crippen molar-refractivity contribution in [2.75, 3.05) is 0 Å². The number of benzene rings is 1. The second-order valence-corrected chi connectivity index (χ2v) is 6.06. The number of aryl methyl sites for hydroxylation is 1. The molecule has 1 aliphatic rings. The van der Waals surface area contributed by atoms with Crippen LogP contribution in [-0.4, -0.2) is 8.58 Å². The fourth-order valence-electron chi connectivity index (χ4n) is 2.30. The van der Waals surface area contributed by atoms with Crippen molar-refractivity contribution in [3.63, 3.8) is 0 Å². The smallest absolute Gasteiger partial charge is 0.0500 e. The normalized spacial score (nSPS) is 13.8. The van der Waals surface area contributed by atoms with Crippen molar-refractivity contribution in [2.45, 2.75) is 19.9 Å². The highest BCUT2D eigenvalue weighted by atomic mass is 127. The van der Waals surface area contributed by atoms with E-state index in [2.05, 4.69) is 49.9 Å². The summed E-state index contributed by atoms with van der Waals surface area (Å²) in [7, 11) is 0. The average molecular weight is 323 g/mol. The zero-order valence-corrected chi connectivity index (χ0v) is 11.4. The van der Waals surface area contributed by atoms with Crippen LogP contribution in [0.5, 0.6) is 0 Å². The van der Waals surface area contributed by atoms with Crippen LogP contribution in [0.1, 0.15) is 24.6 Å². The molecule has 1 aromatic carbocycles. The van der Waals surface area contributed by atoms with Gasteiger partial charge >= 0.3 is 0 Å². The summed E-state index contributed by atoms with van der Waals surface area (Å²) >= 11 is 0.136. The van der Waals surface area contributed by atoms with Crippen LogP contribution in [0, 0.1) is 0 Å². The molecule has 0 atom stereocenters. The van der Waals surface area contributed by atoms with Crippen molar-refractivity contribution in [3.8, 4) is 0 Å². The van der Waals surface area contributed by atoms with Gasteiger partial charge in [0.1, 0.15) is 0 Å². The fourth-order valence-corrected chi connectivity index (χ4v) is 4.07. The summed E-state index contributed by atoms with van der Waals surface area (Å²) in [5.41, 5.74) is 4.27. The van der Waals surface area contributed by atoms with Crippen molar-refractivity contribution >= 4 is 41.7 Å². The van der Waals surface area contributed by atoms with Gasteiger partial charge in [0.05, 0.1) is 0 Å². The van der Waals surface area contributed by atoms with E-state index in [0.29, 0.717) is 0 Å². The molecule has 2 heteroatoms.